The van der Waals surface area contributed by atoms with Crippen LogP contribution in [0.1, 0.15) is 43.4 Å². The van der Waals surface area contributed by atoms with Crippen molar-refractivity contribution in [2.24, 2.45) is 0 Å². The van der Waals surface area contributed by atoms with Gasteiger partial charge >= 0.3 is 0 Å². The first-order valence-corrected chi connectivity index (χ1v) is 6.95. The normalized spacial score (nSPS) is 17.6. The first kappa shape index (κ1) is 12.6. The van der Waals surface area contributed by atoms with Gasteiger partial charge in [0.25, 0.3) is 5.69 Å². The number of hydrogen-bond donors (Lipinski definition) is 0. The van der Waals surface area contributed by atoms with E-state index in [0.29, 0.717) is 11.0 Å². The van der Waals surface area contributed by atoms with E-state index in [-0.39, 0.29) is 10.3 Å². The zero-order chi connectivity index (χ0) is 12.6. The van der Waals surface area contributed by atoms with E-state index in [1.807, 2.05) is 6.07 Å². The van der Waals surface area contributed by atoms with Crippen molar-refractivity contribution < 1.29 is 4.92 Å². The predicted octanol–water partition coefficient (Wildman–Crippen LogP) is 4.10. The van der Waals surface area contributed by atoms with Crippen LogP contribution in [0.3, 0.4) is 0 Å². The maximum absolute atomic E-state index is 11.2. The van der Waals surface area contributed by atoms with Gasteiger partial charge in [0.05, 0.1) is 4.92 Å². The van der Waals surface area contributed by atoms with Crippen LogP contribution in [0.2, 0.25) is 0 Å². The Balaban J connectivity index is 2.68. The summed E-state index contributed by atoms with van der Waals surface area (Å²) in [4.78, 5) is 11.0. The summed E-state index contributed by atoms with van der Waals surface area (Å²) in [6.45, 7) is 4.34. The lowest BCUT2D eigenvalue weighted by Gasteiger charge is -2.32. The van der Waals surface area contributed by atoms with Crippen LogP contribution in [0, 0.1) is 10.1 Å². The van der Waals surface area contributed by atoms with Crippen LogP contribution in [0.4, 0.5) is 5.69 Å². The summed E-state index contributed by atoms with van der Waals surface area (Å²) in [5.41, 5.74) is 3.27. The average Bonchev–Trinajstić information content (AvgIpc) is 2.26. The third kappa shape index (κ3) is 2.10. The number of nitro groups is 1. The van der Waals surface area contributed by atoms with Crippen LogP contribution < -0.4 is 0 Å². The smallest absolute Gasteiger partial charge is 0.258 e. The standard InChI is InChI=1S/C13H16BrNO2/c1-13(2)7-3-4-10-11(13)6-5-9(8-14)12(10)15(16)17/h5-6H,3-4,7-8H2,1-2H3. The van der Waals surface area contributed by atoms with Gasteiger partial charge in [-0.05, 0) is 30.2 Å². The Hall–Kier alpha value is -0.900. The summed E-state index contributed by atoms with van der Waals surface area (Å²) < 4.78 is 0. The fourth-order valence-electron chi connectivity index (χ4n) is 2.75. The number of fused-ring (bicyclic) bond motifs is 1. The van der Waals surface area contributed by atoms with Crippen molar-refractivity contribution in [3.8, 4) is 0 Å². The molecule has 2 rings (SSSR count). The fourth-order valence-corrected chi connectivity index (χ4v) is 3.20. The molecule has 0 unspecified atom stereocenters. The topological polar surface area (TPSA) is 43.1 Å². The van der Waals surface area contributed by atoms with Crippen LogP contribution in [0.15, 0.2) is 12.1 Å². The van der Waals surface area contributed by atoms with E-state index in [1.165, 1.54) is 0 Å². The maximum atomic E-state index is 11.2. The monoisotopic (exact) mass is 297 g/mol. The summed E-state index contributed by atoms with van der Waals surface area (Å²) in [6, 6.07) is 3.96. The molecule has 1 aliphatic rings. The first-order valence-electron chi connectivity index (χ1n) is 5.83. The quantitative estimate of drug-likeness (QED) is 0.468. The number of hydrogen-bond acceptors (Lipinski definition) is 2. The van der Waals surface area contributed by atoms with E-state index in [2.05, 4.69) is 35.8 Å². The van der Waals surface area contributed by atoms with Gasteiger partial charge in [0.1, 0.15) is 0 Å². The number of rotatable bonds is 2. The van der Waals surface area contributed by atoms with Gasteiger partial charge in [0.15, 0.2) is 0 Å². The minimum absolute atomic E-state index is 0.0587. The third-order valence-corrected chi connectivity index (χ3v) is 4.25. The van der Waals surface area contributed by atoms with E-state index in [4.69, 9.17) is 0 Å². The van der Waals surface area contributed by atoms with Crippen molar-refractivity contribution in [1.29, 1.82) is 0 Å². The number of nitro benzene ring substituents is 1. The second kappa shape index (κ2) is 4.41. The molecule has 0 spiro atoms. The Morgan fingerprint density at radius 1 is 1.47 bits per heavy atom. The summed E-state index contributed by atoms with van der Waals surface area (Å²) in [5.74, 6) is 0. The number of alkyl halides is 1. The average molecular weight is 298 g/mol. The lowest BCUT2D eigenvalue weighted by Crippen LogP contribution is -2.24. The van der Waals surface area contributed by atoms with Gasteiger partial charge in [-0.1, -0.05) is 41.9 Å². The highest BCUT2D eigenvalue weighted by Crippen LogP contribution is 2.42. The molecule has 0 fully saturated rings. The first-order chi connectivity index (χ1) is 7.97. The molecular weight excluding hydrogens is 282 g/mol. The Bertz CT molecular complexity index is 469. The molecule has 0 bridgehead atoms. The van der Waals surface area contributed by atoms with E-state index in [1.54, 1.807) is 0 Å². The van der Waals surface area contributed by atoms with Crippen LogP contribution in [0.25, 0.3) is 0 Å². The summed E-state index contributed by atoms with van der Waals surface area (Å²) >= 11 is 3.33. The van der Waals surface area contributed by atoms with Crippen molar-refractivity contribution >= 4 is 21.6 Å². The molecule has 1 aromatic rings. The molecule has 0 N–H and O–H groups in total. The second-order valence-corrected chi connectivity index (χ2v) is 5.79. The van der Waals surface area contributed by atoms with E-state index >= 15 is 0 Å². The molecule has 4 heteroatoms. The highest BCUT2D eigenvalue weighted by Gasteiger charge is 2.33. The highest BCUT2D eigenvalue weighted by molar-refractivity contribution is 9.08. The molecule has 0 saturated heterocycles. The van der Waals surface area contributed by atoms with Crippen molar-refractivity contribution in [3.05, 3.63) is 38.9 Å². The Morgan fingerprint density at radius 2 is 2.18 bits per heavy atom. The molecule has 1 aliphatic carbocycles. The molecule has 92 valence electrons. The molecule has 0 heterocycles. The van der Waals surface area contributed by atoms with E-state index in [0.717, 1.165) is 36.0 Å². The summed E-state index contributed by atoms with van der Waals surface area (Å²) in [7, 11) is 0. The van der Waals surface area contributed by atoms with Gasteiger partial charge < -0.3 is 0 Å². The third-order valence-electron chi connectivity index (χ3n) is 3.65. The van der Waals surface area contributed by atoms with Crippen molar-refractivity contribution in [3.63, 3.8) is 0 Å². The van der Waals surface area contributed by atoms with E-state index < -0.39 is 0 Å². The minimum Gasteiger partial charge on any atom is -0.258 e. The predicted molar refractivity (Wildman–Crippen MR) is 71.7 cm³/mol. The zero-order valence-corrected chi connectivity index (χ0v) is 11.7. The molecular formula is C13H16BrNO2. The lowest BCUT2D eigenvalue weighted by atomic mass is 9.72. The van der Waals surface area contributed by atoms with Crippen molar-refractivity contribution in [2.75, 3.05) is 0 Å². The molecule has 17 heavy (non-hydrogen) atoms. The molecule has 1 aromatic carbocycles. The SMILES string of the molecule is CC1(C)CCCc2c1ccc(CBr)c2[N+](=O)[O-]. The molecule has 0 atom stereocenters. The maximum Gasteiger partial charge on any atom is 0.276 e. The van der Waals surface area contributed by atoms with Gasteiger partial charge in [0, 0.05) is 16.5 Å². The lowest BCUT2D eigenvalue weighted by molar-refractivity contribution is -0.386. The molecule has 0 saturated carbocycles. The Morgan fingerprint density at radius 3 is 2.76 bits per heavy atom. The molecule has 0 amide bonds. The summed E-state index contributed by atoms with van der Waals surface area (Å²) in [6.07, 6.45) is 2.97. The van der Waals surface area contributed by atoms with Gasteiger partial charge in [-0.2, -0.15) is 0 Å². The van der Waals surface area contributed by atoms with Crippen LogP contribution >= 0.6 is 15.9 Å². The number of halogens is 1. The van der Waals surface area contributed by atoms with Gasteiger partial charge in [-0.25, -0.2) is 0 Å². The second-order valence-electron chi connectivity index (χ2n) is 5.23. The Labute approximate surface area is 110 Å². The molecule has 0 aromatic heterocycles. The van der Waals surface area contributed by atoms with Crippen LogP contribution in [-0.2, 0) is 17.2 Å². The highest BCUT2D eigenvalue weighted by atomic mass is 79.9. The van der Waals surface area contributed by atoms with Crippen molar-refractivity contribution in [2.45, 2.75) is 43.9 Å². The van der Waals surface area contributed by atoms with Crippen LogP contribution in [-0.4, -0.2) is 4.92 Å². The largest absolute Gasteiger partial charge is 0.276 e. The number of nitrogens with zero attached hydrogens (tertiary/aromatic N) is 1. The fraction of sp³-hybridized carbons (Fsp3) is 0.538. The number of benzene rings is 1. The molecule has 0 radical (unpaired) electrons. The molecule has 0 aliphatic heterocycles. The van der Waals surface area contributed by atoms with Crippen LogP contribution in [0.5, 0.6) is 0 Å². The summed E-state index contributed by atoms with van der Waals surface area (Å²) in [5, 5.41) is 11.8. The van der Waals surface area contributed by atoms with Gasteiger partial charge in [-0.15, -0.1) is 0 Å². The van der Waals surface area contributed by atoms with E-state index in [9.17, 15) is 10.1 Å². The van der Waals surface area contributed by atoms with Gasteiger partial charge in [-0.3, -0.25) is 10.1 Å². The zero-order valence-electron chi connectivity index (χ0n) is 10.1. The van der Waals surface area contributed by atoms with Gasteiger partial charge in [0.2, 0.25) is 0 Å². The Kier molecular flexibility index (Phi) is 3.25. The minimum atomic E-state index is -0.225. The van der Waals surface area contributed by atoms with Crippen molar-refractivity contribution in [1.82, 2.24) is 0 Å². The molecule has 3 nitrogen and oxygen atoms in total.